The molecular formula is C18H13F3N4O. The Bertz CT molecular complexity index is 1000. The molecule has 1 heterocycles. The van der Waals surface area contributed by atoms with Gasteiger partial charge in [-0.25, -0.2) is 4.79 Å². The molecule has 132 valence electrons. The van der Waals surface area contributed by atoms with Crippen LogP contribution < -0.4 is 10.6 Å². The standard InChI is InChI=1S/C18H13F3N4O/c19-18(20,21)15-7-11(9-22)1-2-13(15)10-24-17(26)25-14-4-3-12-5-6-23-16(12)8-14/h1-8,23H,10H2,(H2,24,25,26). The lowest BCUT2D eigenvalue weighted by Crippen LogP contribution is -2.29. The number of aromatic nitrogens is 1. The first-order valence-electron chi connectivity index (χ1n) is 7.59. The Morgan fingerprint density at radius 1 is 1.15 bits per heavy atom. The summed E-state index contributed by atoms with van der Waals surface area (Å²) in [4.78, 5) is 15.0. The Kier molecular flexibility index (Phi) is 4.54. The summed E-state index contributed by atoms with van der Waals surface area (Å²) in [5, 5.41) is 14.7. The maximum atomic E-state index is 13.1. The highest BCUT2D eigenvalue weighted by Crippen LogP contribution is 2.32. The lowest BCUT2D eigenvalue weighted by atomic mass is 10.0. The number of fused-ring (bicyclic) bond motifs is 1. The van der Waals surface area contributed by atoms with E-state index in [2.05, 4.69) is 15.6 Å². The first-order chi connectivity index (χ1) is 12.4. The molecule has 8 heteroatoms. The minimum Gasteiger partial charge on any atom is -0.361 e. The van der Waals surface area contributed by atoms with Gasteiger partial charge >= 0.3 is 12.2 Å². The molecule has 3 aromatic rings. The number of aromatic amines is 1. The lowest BCUT2D eigenvalue weighted by molar-refractivity contribution is -0.138. The second kappa shape index (κ2) is 6.80. The van der Waals surface area contributed by atoms with Crippen LogP contribution in [-0.2, 0) is 12.7 Å². The fraction of sp³-hybridized carbons (Fsp3) is 0.111. The number of nitrogens with one attached hydrogen (secondary N) is 3. The minimum atomic E-state index is -4.61. The third-order valence-corrected chi connectivity index (χ3v) is 3.80. The molecule has 0 radical (unpaired) electrons. The van der Waals surface area contributed by atoms with E-state index in [-0.39, 0.29) is 17.7 Å². The average Bonchev–Trinajstić information content (AvgIpc) is 3.06. The third-order valence-electron chi connectivity index (χ3n) is 3.80. The number of amides is 2. The molecular weight excluding hydrogens is 345 g/mol. The highest BCUT2D eigenvalue weighted by Gasteiger charge is 2.33. The van der Waals surface area contributed by atoms with Crippen molar-refractivity contribution in [1.29, 1.82) is 5.26 Å². The molecule has 1 aromatic heterocycles. The average molecular weight is 358 g/mol. The molecule has 0 bridgehead atoms. The van der Waals surface area contributed by atoms with Crippen LogP contribution >= 0.6 is 0 Å². The molecule has 0 aliphatic carbocycles. The van der Waals surface area contributed by atoms with Crippen LogP contribution in [0.4, 0.5) is 23.7 Å². The SMILES string of the molecule is N#Cc1ccc(CNC(=O)Nc2ccc3cc[nH]c3c2)c(C(F)(F)F)c1. The fourth-order valence-corrected chi connectivity index (χ4v) is 2.54. The van der Waals surface area contributed by atoms with E-state index in [1.165, 1.54) is 12.1 Å². The number of carbonyl (C=O) groups is 1. The van der Waals surface area contributed by atoms with Crippen LogP contribution in [-0.4, -0.2) is 11.0 Å². The zero-order valence-corrected chi connectivity index (χ0v) is 13.3. The summed E-state index contributed by atoms with van der Waals surface area (Å²) in [6, 6.07) is 11.4. The Balaban J connectivity index is 1.70. The number of benzene rings is 2. The molecule has 0 fully saturated rings. The van der Waals surface area contributed by atoms with E-state index < -0.39 is 17.8 Å². The number of H-pyrrole nitrogens is 1. The predicted molar refractivity (Wildman–Crippen MR) is 90.3 cm³/mol. The molecule has 26 heavy (non-hydrogen) atoms. The third kappa shape index (κ3) is 3.78. The summed E-state index contributed by atoms with van der Waals surface area (Å²) in [5.41, 5.74) is 0.184. The zero-order chi connectivity index (χ0) is 18.7. The number of hydrogen-bond donors (Lipinski definition) is 3. The smallest absolute Gasteiger partial charge is 0.361 e. The van der Waals surface area contributed by atoms with Gasteiger partial charge in [0.25, 0.3) is 0 Å². The fourth-order valence-electron chi connectivity index (χ4n) is 2.54. The van der Waals surface area contributed by atoms with Crippen LogP contribution in [0.3, 0.4) is 0 Å². The molecule has 0 saturated heterocycles. The maximum absolute atomic E-state index is 13.1. The summed E-state index contributed by atoms with van der Waals surface area (Å²) in [6.45, 7) is -0.322. The molecule has 0 saturated carbocycles. The summed E-state index contributed by atoms with van der Waals surface area (Å²) < 4.78 is 39.3. The van der Waals surface area contributed by atoms with Gasteiger partial charge in [-0.05, 0) is 41.3 Å². The molecule has 2 aromatic carbocycles. The van der Waals surface area contributed by atoms with Crippen molar-refractivity contribution in [3.05, 3.63) is 65.4 Å². The number of urea groups is 1. The van der Waals surface area contributed by atoms with Gasteiger partial charge in [0.15, 0.2) is 0 Å². The van der Waals surface area contributed by atoms with Crippen molar-refractivity contribution in [1.82, 2.24) is 10.3 Å². The van der Waals surface area contributed by atoms with E-state index in [1.54, 1.807) is 24.4 Å². The molecule has 0 unspecified atom stereocenters. The van der Waals surface area contributed by atoms with Crippen molar-refractivity contribution in [2.24, 2.45) is 0 Å². The second-order valence-corrected chi connectivity index (χ2v) is 5.57. The van der Waals surface area contributed by atoms with Gasteiger partial charge in [-0.15, -0.1) is 0 Å². The number of rotatable bonds is 3. The van der Waals surface area contributed by atoms with Crippen LogP contribution in [0, 0.1) is 11.3 Å². The van der Waals surface area contributed by atoms with Crippen LogP contribution in [0.15, 0.2) is 48.7 Å². The van der Waals surface area contributed by atoms with Crippen molar-refractivity contribution >= 4 is 22.6 Å². The van der Waals surface area contributed by atoms with Gasteiger partial charge in [-0.2, -0.15) is 18.4 Å². The van der Waals surface area contributed by atoms with E-state index in [4.69, 9.17) is 5.26 Å². The highest BCUT2D eigenvalue weighted by atomic mass is 19.4. The number of nitriles is 1. The zero-order valence-electron chi connectivity index (χ0n) is 13.3. The monoisotopic (exact) mass is 358 g/mol. The topological polar surface area (TPSA) is 80.7 Å². The molecule has 3 rings (SSSR count). The number of alkyl halides is 3. The molecule has 0 atom stereocenters. The number of halogens is 3. The second-order valence-electron chi connectivity index (χ2n) is 5.57. The molecule has 0 aliphatic heterocycles. The Labute approximate surface area is 146 Å². The van der Waals surface area contributed by atoms with Crippen LogP contribution in [0.2, 0.25) is 0 Å². The van der Waals surface area contributed by atoms with Crippen molar-refractivity contribution in [3.8, 4) is 6.07 Å². The number of nitrogens with zero attached hydrogens (tertiary/aromatic N) is 1. The van der Waals surface area contributed by atoms with E-state index in [9.17, 15) is 18.0 Å². The summed E-state index contributed by atoms with van der Waals surface area (Å²) in [7, 11) is 0. The van der Waals surface area contributed by atoms with E-state index in [0.717, 1.165) is 17.0 Å². The summed E-state index contributed by atoms with van der Waals surface area (Å²) in [6.07, 6.45) is -2.85. The van der Waals surface area contributed by atoms with Crippen molar-refractivity contribution in [2.75, 3.05) is 5.32 Å². The van der Waals surface area contributed by atoms with E-state index in [0.29, 0.717) is 5.69 Å². The van der Waals surface area contributed by atoms with E-state index >= 15 is 0 Å². The largest absolute Gasteiger partial charge is 0.416 e. The highest BCUT2D eigenvalue weighted by molar-refractivity contribution is 5.92. The minimum absolute atomic E-state index is 0.0928. The van der Waals surface area contributed by atoms with Gasteiger partial charge in [-0.1, -0.05) is 12.1 Å². The van der Waals surface area contributed by atoms with Crippen molar-refractivity contribution < 1.29 is 18.0 Å². The maximum Gasteiger partial charge on any atom is 0.416 e. The van der Waals surface area contributed by atoms with Crippen molar-refractivity contribution in [2.45, 2.75) is 12.7 Å². The quantitative estimate of drug-likeness (QED) is 0.649. The molecule has 5 nitrogen and oxygen atoms in total. The number of anilines is 1. The number of hydrogen-bond acceptors (Lipinski definition) is 2. The van der Waals surface area contributed by atoms with Gasteiger partial charge in [0.05, 0.1) is 17.2 Å². The summed E-state index contributed by atoms with van der Waals surface area (Å²) in [5.74, 6) is 0. The first-order valence-corrected chi connectivity index (χ1v) is 7.59. The normalized spacial score (nSPS) is 11.2. The van der Waals surface area contributed by atoms with Gasteiger partial charge in [0, 0.05) is 23.9 Å². The molecule has 2 amide bonds. The summed E-state index contributed by atoms with van der Waals surface area (Å²) >= 11 is 0. The van der Waals surface area contributed by atoms with E-state index in [1.807, 2.05) is 12.1 Å². The number of carbonyl (C=O) groups excluding carboxylic acids is 1. The Morgan fingerprint density at radius 3 is 2.69 bits per heavy atom. The molecule has 3 N–H and O–H groups in total. The van der Waals surface area contributed by atoms with Gasteiger partial charge in [0.2, 0.25) is 0 Å². The Hall–Kier alpha value is -3.47. The first kappa shape index (κ1) is 17.4. The molecule has 0 aliphatic rings. The van der Waals surface area contributed by atoms with Gasteiger partial charge in [0.1, 0.15) is 0 Å². The molecule has 0 spiro atoms. The lowest BCUT2D eigenvalue weighted by Gasteiger charge is -2.14. The van der Waals surface area contributed by atoms with Crippen LogP contribution in [0.1, 0.15) is 16.7 Å². The Morgan fingerprint density at radius 2 is 1.96 bits per heavy atom. The van der Waals surface area contributed by atoms with Gasteiger partial charge in [-0.3, -0.25) is 0 Å². The van der Waals surface area contributed by atoms with Crippen molar-refractivity contribution in [3.63, 3.8) is 0 Å². The predicted octanol–water partition coefficient (Wildman–Crippen LogP) is 4.38. The van der Waals surface area contributed by atoms with Crippen LogP contribution in [0.25, 0.3) is 10.9 Å². The van der Waals surface area contributed by atoms with Gasteiger partial charge < -0.3 is 15.6 Å². The van der Waals surface area contributed by atoms with Crippen LogP contribution in [0.5, 0.6) is 0 Å².